The molecule has 2 aromatic rings. The molecule has 2 atom stereocenters. The summed E-state index contributed by atoms with van der Waals surface area (Å²) in [4.78, 5) is 16.3. The van der Waals surface area contributed by atoms with Crippen LogP contribution in [0.3, 0.4) is 0 Å². The largest absolute Gasteiger partial charge is 0.380 e. The Balaban J connectivity index is 2.02. The van der Waals surface area contributed by atoms with E-state index >= 15 is 0 Å². The van der Waals surface area contributed by atoms with Crippen molar-refractivity contribution >= 4 is 29.0 Å². The highest BCUT2D eigenvalue weighted by molar-refractivity contribution is 6.02. The molecule has 168 valence electrons. The van der Waals surface area contributed by atoms with Crippen molar-refractivity contribution in [2.75, 3.05) is 48.4 Å². The van der Waals surface area contributed by atoms with Crippen molar-refractivity contribution in [3.8, 4) is 0 Å². The molecule has 4 N–H and O–H groups in total. The van der Waals surface area contributed by atoms with Crippen molar-refractivity contribution < 1.29 is 4.74 Å². The van der Waals surface area contributed by atoms with E-state index in [1.165, 1.54) is 0 Å². The van der Waals surface area contributed by atoms with Crippen LogP contribution in [0.25, 0.3) is 0 Å². The standard InChI is InChI=1S/C22H34N8O/c1-6-31-10-9-24-20-19(17(5)23)28-22(30-13-15(3)25-12-16(30)4)29-21(20)27-18-8-7-14(2)11-26-18/h7-8,11,15-16,23-25H,6,9-10,12-13H2,1-5H3,(H,26,27,28,29)/t15-,16?/m1/s1. The predicted octanol–water partition coefficient (Wildman–Crippen LogP) is 2.95. The number of aromatic nitrogens is 3. The second-order valence-electron chi connectivity index (χ2n) is 8.00. The zero-order valence-corrected chi connectivity index (χ0v) is 19.1. The Morgan fingerprint density at radius 3 is 2.81 bits per heavy atom. The fourth-order valence-electron chi connectivity index (χ4n) is 3.46. The molecule has 31 heavy (non-hydrogen) atoms. The second-order valence-corrected chi connectivity index (χ2v) is 8.00. The molecule has 3 rings (SSSR count). The minimum Gasteiger partial charge on any atom is -0.380 e. The Morgan fingerprint density at radius 2 is 2.13 bits per heavy atom. The first-order chi connectivity index (χ1) is 14.9. The summed E-state index contributed by atoms with van der Waals surface area (Å²) in [6.07, 6.45) is 1.81. The maximum Gasteiger partial charge on any atom is 0.228 e. The predicted molar refractivity (Wildman–Crippen MR) is 126 cm³/mol. The first-order valence-corrected chi connectivity index (χ1v) is 10.9. The van der Waals surface area contributed by atoms with Gasteiger partial charge in [0.25, 0.3) is 0 Å². The molecule has 1 aliphatic heterocycles. The lowest BCUT2D eigenvalue weighted by molar-refractivity contribution is 0.158. The molecule has 0 aromatic carbocycles. The van der Waals surface area contributed by atoms with Gasteiger partial charge in [-0.25, -0.2) is 9.97 Å². The van der Waals surface area contributed by atoms with Crippen molar-refractivity contribution in [2.45, 2.75) is 46.7 Å². The lowest BCUT2D eigenvalue weighted by Crippen LogP contribution is -2.55. The van der Waals surface area contributed by atoms with Gasteiger partial charge in [0.15, 0.2) is 5.82 Å². The number of aryl methyl sites for hydroxylation is 1. The number of nitrogens with one attached hydrogen (secondary N) is 4. The van der Waals surface area contributed by atoms with E-state index in [9.17, 15) is 0 Å². The van der Waals surface area contributed by atoms with E-state index in [1.807, 2.05) is 32.2 Å². The van der Waals surface area contributed by atoms with Crippen molar-refractivity contribution in [2.24, 2.45) is 0 Å². The second kappa shape index (κ2) is 10.5. The van der Waals surface area contributed by atoms with Gasteiger partial charge in [0.2, 0.25) is 5.95 Å². The first kappa shape index (κ1) is 22.9. The van der Waals surface area contributed by atoms with Crippen molar-refractivity contribution in [3.05, 3.63) is 29.6 Å². The molecule has 0 radical (unpaired) electrons. The minimum absolute atomic E-state index is 0.247. The Kier molecular flexibility index (Phi) is 7.75. The summed E-state index contributed by atoms with van der Waals surface area (Å²) in [5.41, 5.74) is 2.73. The first-order valence-electron chi connectivity index (χ1n) is 10.9. The van der Waals surface area contributed by atoms with Gasteiger partial charge >= 0.3 is 0 Å². The molecule has 9 nitrogen and oxygen atoms in total. The van der Waals surface area contributed by atoms with Gasteiger partial charge < -0.3 is 31.0 Å². The summed E-state index contributed by atoms with van der Waals surface area (Å²) in [5, 5.41) is 18.6. The third-order valence-electron chi connectivity index (χ3n) is 5.18. The lowest BCUT2D eigenvalue weighted by atomic mass is 10.1. The number of nitrogens with zero attached hydrogens (tertiary/aromatic N) is 4. The molecule has 0 amide bonds. The Labute approximate surface area is 184 Å². The highest BCUT2D eigenvalue weighted by atomic mass is 16.5. The van der Waals surface area contributed by atoms with Gasteiger partial charge in [-0.05, 0) is 46.2 Å². The zero-order valence-electron chi connectivity index (χ0n) is 19.1. The van der Waals surface area contributed by atoms with Gasteiger partial charge in [-0.15, -0.1) is 0 Å². The molecule has 2 aromatic heterocycles. The van der Waals surface area contributed by atoms with Crippen LogP contribution in [0.15, 0.2) is 18.3 Å². The van der Waals surface area contributed by atoms with Gasteiger partial charge in [0.1, 0.15) is 17.2 Å². The van der Waals surface area contributed by atoms with E-state index in [0.29, 0.717) is 60.5 Å². The summed E-state index contributed by atoms with van der Waals surface area (Å²) in [6.45, 7) is 13.5. The molecular formula is C22H34N8O. The third kappa shape index (κ3) is 5.89. The minimum atomic E-state index is 0.247. The van der Waals surface area contributed by atoms with Crippen LogP contribution in [0.4, 0.5) is 23.3 Å². The maximum atomic E-state index is 8.36. The van der Waals surface area contributed by atoms with Crippen LogP contribution >= 0.6 is 0 Å². The van der Waals surface area contributed by atoms with Gasteiger partial charge in [-0.1, -0.05) is 6.07 Å². The van der Waals surface area contributed by atoms with Crippen molar-refractivity contribution in [1.82, 2.24) is 20.3 Å². The average molecular weight is 427 g/mol. The van der Waals surface area contributed by atoms with Crippen LogP contribution in [-0.4, -0.2) is 65.6 Å². The summed E-state index contributed by atoms with van der Waals surface area (Å²) in [7, 11) is 0. The number of ether oxygens (including phenoxy) is 1. The van der Waals surface area contributed by atoms with Crippen molar-refractivity contribution in [1.29, 1.82) is 5.41 Å². The van der Waals surface area contributed by atoms with E-state index in [-0.39, 0.29) is 6.04 Å². The number of hydrogen-bond acceptors (Lipinski definition) is 9. The molecule has 9 heteroatoms. The SMILES string of the molecule is CCOCCNc1c(Nc2ccc(C)cn2)nc(N2C[C@@H](C)NCC2C)nc1C(C)=N. The van der Waals surface area contributed by atoms with Crippen LogP contribution < -0.4 is 20.9 Å². The highest BCUT2D eigenvalue weighted by Gasteiger charge is 2.27. The summed E-state index contributed by atoms with van der Waals surface area (Å²) in [5.74, 6) is 1.92. The Morgan fingerprint density at radius 1 is 1.32 bits per heavy atom. The molecule has 1 saturated heterocycles. The van der Waals surface area contributed by atoms with E-state index in [0.717, 1.165) is 18.7 Å². The van der Waals surface area contributed by atoms with Crippen LogP contribution in [0.1, 0.15) is 39.0 Å². The monoisotopic (exact) mass is 426 g/mol. The van der Waals surface area contributed by atoms with E-state index < -0.39 is 0 Å². The number of hydrogen-bond donors (Lipinski definition) is 4. The van der Waals surface area contributed by atoms with Gasteiger partial charge in [-0.3, -0.25) is 0 Å². The molecule has 3 heterocycles. The molecule has 0 spiro atoms. The van der Waals surface area contributed by atoms with Gasteiger partial charge in [0.05, 0.1) is 12.3 Å². The number of anilines is 4. The number of pyridine rings is 1. The summed E-state index contributed by atoms with van der Waals surface area (Å²) in [6, 6.07) is 4.51. The van der Waals surface area contributed by atoms with E-state index in [2.05, 4.69) is 39.7 Å². The maximum absolute atomic E-state index is 8.36. The lowest BCUT2D eigenvalue weighted by Gasteiger charge is -2.38. The normalized spacial score (nSPS) is 18.7. The number of piperazine rings is 1. The van der Waals surface area contributed by atoms with Crippen LogP contribution in [0.2, 0.25) is 0 Å². The Hall–Kier alpha value is -2.78. The van der Waals surface area contributed by atoms with Gasteiger partial charge in [0, 0.05) is 44.5 Å². The van der Waals surface area contributed by atoms with Crippen LogP contribution in [0, 0.1) is 12.3 Å². The fraction of sp³-hybridized carbons (Fsp3) is 0.545. The number of rotatable bonds is 9. The van der Waals surface area contributed by atoms with Crippen molar-refractivity contribution in [3.63, 3.8) is 0 Å². The molecule has 1 aliphatic rings. The quantitative estimate of drug-likeness (QED) is 0.358. The molecule has 0 aliphatic carbocycles. The molecule has 1 fully saturated rings. The van der Waals surface area contributed by atoms with Crippen LogP contribution in [0.5, 0.6) is 0 Å². The molecular weight excluding hydrogens is 392 g/mol. The summed E-state index contributed by atoms with van der Waals surface area (Å²) < 4.78 is 5.47. The Bertz CT molecular complexity index is 886. The fourth-order valence-corrected chi connectivity index (χ4v) is 3.46. The molecule has 1 unspecified atom stereocenters. The molecule has 0 bridgehead atoms. The zero-order chi connectivity index (χ0) is 22.4. The van der Waals surface area contributed by atoms with E-state index in [1.54, 1.807) is 6.92 Å². The van der Waals surface area contributed by atoms with E-state index in [4.69, 9.17) is 20.1 Å². The molecule has 0 saturated carbocycles. The summed E-state index contributed by atoms with van der Waals surface area (Å²) >= 11 is 0. The van der Waals surface area contributed by atoms with Gasteiger partial charge in [-0.2, -0.15) is 4.98 Å². The van der Waals surface area contributed by atoms with Crippen LogP contribution in [-0.2, 0) is 4.74 Å². The third-order valence-corrected chi connectivity index (χ3v) is 5.18. The highest BCUT2D eigenvalue weighted by Crippen LogP contribution is 2.30. The smallest absolute Gasteiger partial charge is 0.228 e. The average Bonchev–Trinajstić information content (AvgIpc) is 2.75. The topological polar surface area (TPSA) is 111 Å².